The largest absolute Gasteiger partial charge is 0.354 e. The Kier molecular flexibility index (Phi) is 6.84. The van der Waals surface area contributed by atoms with Gasteiger partial charge < -0.3 is 15.5 Å². The molecule has 2 rings (SSSR count). The van der Waals surface area contributed by atoms with Gasteiger partial charge in [-0.25, -0.2) is 4.79 Å². The van der Waals surface area contributed by atoms with Gasteiger partial charge >= 0.3 is 6.03 Å². The standard InChI is InChI=1S/C18H31N5O2/c1-12(2)17(24)19-9-10-20-18(25)23-11-7-5-6-8-15(23)16-13(3)21-22-14(16)4/h12,15H,5-11H2,1-4H3,(H,19,24)(H,20,25)(H,21,22)/t15-/m0/s1. The van der Waals surface area contributed by atoms with Crippen LogP contribution in [-0.2, 0) is 4.79 Å². The van der Waals surface area contributed by atoms with E-state index in [1.54, 1.807) is 0 Å². The molecule has 0 radical (unpaired) electrons. The molecule has 3 amide bonds. The van der Waals surface area contributed by atoms with Crippen LogP contribution in [0.25, 0.3) is 0 Å². The van der Waals surface area contributed by atoms with Gasteiger partial charge in [0.15, 0.2) is 0 Å². The predicted octanol–water partition coefficient (Wildman–Crippen LogP) is 2.43. The predicted molar refractivity (Wildman–Crippen MR) is 97.2 cm³/mol. The molecular weight excluding hydrogens is 318 g/mol. The summed E-state index contributed by atoms with van der Waals surface area (Å²) in [6.45, 7) is 9.34. The van der Waals surface area contributed by atoms with Gasteiger partial charge in [-0.2, -0.15) is 5.10 Å². The maximum Gasteiger partial charge on any atom is 0.317 e. The Bertz CT molecular complexity index is 577. The number of nitrogens with zero attached hydrogens (tertiary/aromatic N) is 2. The third-order valence-corrected chi connectivity index (χ3v) is 4.76. The molecule has 1 aliphatic rings. The van der Waals surface area contributed by atoms with Gasteiger partial charge in [0.1, 0.15) is 0 Å². The minimum absolute atomic E-state index is 0.00606. The van der Waals surface area contributed by atoms with Crippen molar-refractivity contribution in [3.63, 3.8) is 0 Å². The molecule has 1 aromatic heterocycles. The molecule has 25 heavy (non-hydrogen) atoms. The van der Waals surface area contributed by atoms with Crippen molar-refractivity contribution in [3.05, 3.63) is 17.0 Å². The lowest BCUT2D eigenvalue weighted by molar-refractivity contribution is -0.123. The number of H-pyrrole nitrogens is 1. The highest BCUT2D eigenvalue weighted by Gasteiger charge is 2.29. The van der Waals surface area contributed by atoms with Crippen molar-refractivity contribution in [2.24, 2.45) is 5.92 Å². The monoisotopic (exact) mass is 349 g/mol. The van der Waals surface area contributed by atoms with Crippen LogP contribution < -0.4 is 10.6 Å². The first-order valence-corrected chi connectivity index (χ1v) is 9.25. The minimum Gasteiger partial charge on any atom is -0.354 e. The summed E-state index contributed by atoms with van der Waals surface area (Å²) in [6, 6.07) is -0.00259. The molecule has 0 unspecified atom stereocenters. The number of aromatic nitrogens is 2. The lowest BCUT2D eigenvalue weighted by Gasteiger charge is -2.30. The summed E-state index contributed by atoms with van der Waals surface area (Å²) in [5.74, 6) is -0.0377. The number of carbonyl (C=O) groups excluding carboxylic acids is 2. The second-order valence-corrected chi connectivity index (χ2v) is 7.08. The Morgan fingerprint density at radius 3 is 2.56 bits per heavy atom. The second kappa shape index (κ2) is 8.87. The van der Waals surface area contributed by atoms with Crippen LogP contribution in [0.1, 0.15) is 62.5 Å². The first-order chi connectivity index (χ1) is 11.9. The Hall–Kier alpha value is -2.05. The molecule has 1 fully saturated rings. The van der Waals surface area contributed by atoms with Crippen molar-refractivity contribution in [1.82, 2.24) is 25.7 Å². The summed E-state index contributed by atoms with van der Waals surface area (Å²) >= 11 is 0. The zero-order valence-electron chi connectivity index (χ0n) is 15.8. The molecule has 0 saturated carbocycles. The zero-order chi connectivity index (χ0) is 18.4. The van der Waals surface area contributed by atoms with E-state index in [1.807, 2.05) is 32.6 Å². The molecule has 7 nitrogen and oxygen atoms in total. The normalized spacial score (nSPS) is 18.1. The van der Waals surface area contributed by atoms with E-state index in [9.17, 15) is 9.59 Å². The quantitative estimate of drug-likeness (QED) is 0.713. The number of urea groups is 1. The number of likely N-dealkylation sites (tertiary alicyclic amines) is 1. The van der Waals surface area contributed by atoms with E-state index in [4.69, 9.17) is 0 Å². The summed E-state index contributed by atoms with van der Waals surface area (Å²) in [5, 5.41) is 13.1. The first-order valence-electron chi connectivity index (χ1n) is 9.25. The van der Waals surface area contributed by atoms with Gasteiger partial charge in [0.05, 0.1) is 11.7 Å². The maximum absolute atomic E-state index is 12.7. The third-order valence-electron chi connectivity index (χ3n) is 4.76. The molecule has 0 spiro atoms. The van der Waals surface area contributed by atoms with Gasteiger partial charge in [-0.05, 0) is 26.7 Å². The van der Waals surface area contributed by atoms with Gasteiger partial charge in [0.25, 0.3) is 0 Å². The van der Waals surface area contributed by atoms with Crippen LogP contribution in [0.3, 0.4) is 0 Å². The SMILES string of the molecule is Cc1n[nH]c(C)c1[C@@H]1CCCCCN1C(=O)NCCNC(=O)C(C)C. The average Bonchev–Trinajstić information content (AvgIpc) is 2.77. The van der Waals surface area contributed by atoms with E-state index < -0.39 is 0 Å². The fourth-order valence-corrected chi connectivity index (χ4v) is 3.36. The minimum atomic E-state index is -0.0642. The summed E-state index contributed by atoms with van der Waals surface area (Å²) in [6.07, 6.45) is 4.23. The summed E-state index contributed by atoms with van der Waals surface area (Å²) in [4.78, 5) is 26.2. The molecule has 1 aromatic rings. The molecule has 1 saturated heterocycles. The highest BCUT2D eigenvalue weighted by Crippen LogP contribution is 2.33. The van der Waals surface area contributed by atoms with Gasteiger partial charge in [-0.1, -0.05) is 26.7 Å². The Labute approximate surface area is 149 Å². The van der Waals surface area contributed by atoms with Crippen LogP contribution in [0.15, 0.2) is 0 Å². The highest BCUT2D eigenvalue weighted by molar-refractivity contribution is 5.78. The molecule has 3 N–H and O–H groups in total. The lowest BCUT2D eigenvalue weighted by atomic mass is 9.99. The van der Waals surface area contributed by atoms with E-state index in [0.717, 1.165) is 49.2 Å². The first kappa shape index (κ1) is 19.3. The molecule has 2 heterocycles. The van der Waals surface area contributed by atoms with Crippen LogP contribution in [-0.4, -0.2) is 46.7 Å². The Morgan fingerprint density at radius 2 is 1.92 bits per heavy atom. The molecular formula is C18H31N5O2. The van der Waals surface area contributed by atoms with Crippen molar-refractivity contribution in [2.45, 2.75) is 59.4 Å². The molecule has 1 aliphatic heterocycles. The zero-order valence-corrected chi connectivity index (χ0v) is 15.8. The van der Waals surface area contributed by atoms with Gasteiger partial charge in [0.2, 0.25) is 5.91 Å². The third kappa shape index (κ3) is 4.96. The highest BCUT2D eigenvalue weighted by atomic mass is 16.2. The molecule has 1 atom stereocenters. The number of hydrogen-bond donors (Lipinski definition) is 3. The van der Waals surface area contributed by atoms with E-state index in [-0.39, 0.29) is 23.9 Å². The second-order valence-electron chi connectivity index (χ2n) is 7.08. The van der Waals surface area contributed by atoms with Crippen LogP contribution >= 0.6 is 0 Å². The number of amides is 3. The van der Waals surface area contributed by atoms with E-state index >= 15 is 0 Å². The van der Waals surface area contributed by atoms with Crippen molar-refractivity contribution < 1.29 is 9.59 Å². The van der Waals surface area contributed by atoms with E-state index in [2.05, 4.69) is 20.8 Å². The molecule has 140 valence electrons. The topological polar surface area (TPSA) is 90.1 Å². The molecule has 0 bridgehead atoms. The fourth-order valence-electron chi connectivity index (χ4n) is 3.36. The van der Waals surface area contributed by atoms with Crippen LogP contribution in [0.4, 0.5) is 4.79 Å². The lowest BCUT2D eigenvalue weighted by Crippen LogP contribution is -2.45. The summed E-state index contributed by atoms with van der Waals surface area (Å²) in [7, 11) is 0. The number of hydrogen-bond acceptors (Lipinski definition) is 3. The fraction of sp³-hybridized carbons (Fsp3) is 0.722. The van der Waals surface area contributed by atoms with Crippen molar-refractivity contribution in [3.8, 4) is 0 Å². The Balaban J connectivity index is 1.98. The molecule has 0 aromatic carbocycles. The van der Waals surface area contributed by atoms with Crippen molar-refractivity contribution in [2.75, 3.05) is 19.6 Å². The average molecular weight is 349 g/mol. The summed E-state index contributed by atoms with van der Waals surface area (Å²) in [5.41, 5.74) is 3.14. The number of aromatic amines is 1. The Morgan fingerprint density at radius 1 is 1.20 bits per heavy atom. The van der Waals surface area contributed by atoms with Gasteiger partial charge in [-0.15, -0.1) is 0 Å². The van der Waals surface area contributed by atoms with E-state index in [0.29, 0.717) is 13.1 Å². The molecule has 7 heteroatoms. The van der Waals surface area contributed by atoms with Gasteiger partial charge in [0, 0.05) is 36.8 Å². The van der Waals surface area contributed by atoms with Crippen LogP contribution in [0.5, 0.6) is 0 Å². The van der Waals surface area contributed by atoms with Crippen molar-refractivity contribution >= 4 is 11.9 Å². The number of nitrogens with one attached hydrogen (secondary N) is 3. The molecule has 0 aliphatic carbocycles. The smallest absolute Gasteiger partial charge is 0.317 e. The number of aryl methyl sites for hydroxylation is 2. The van der Waals surface area contributed by atoms with E-state index in [1.165, 1.54) is 0 Å². The number of rotatable bonds is 5. The van der Waals surface area contributed by atoms with Crippen LogP contribution in [0, 0.1) is 19.8 Å². The van der Waals surface area contributed by atoms with Gasteiger partial charge in [-0.3, -0.25) is 9.89 Å². The van der Waals surface area contributed by atoms with Crippen molar-refractivity contribution in [1.29, 1.82) is 0 Å². The number of carbonyl (C=O) groups is 2. The summed E-state index contributed by atoms with van der Waals surface area (Å²) < 4.78 is 0. The maximum atomic E-state index is 12.7. The van der Waals surface area contributed by atoms with Crippen LogP contribution in [0.2, 0.25) is 0 Å².